The summed E-state index contributed by atoms with van der Waals surface area (Å²) < 4.78 is 21.4. The van der Waals surface area contributed by atoms with E-state index in [1.807, 2.05) is 6.07 Å². The molecule has 0 spiro atoms. The molecule has 0 aliphatic heterocycles. The molecule has 22 heavy (non-hydrogen) atoms. The normalized spacial score (nSPS) is 10.5. The van der Waals surface area contributed by atoms with Crippen LogP contribution in [0.25, 0.3) is 0 Å². The summed E-state index contributed by atoms with van der Waals surface area (Å²) in [5, 5.41) is 0. The second-order valence-electron chi connectivity index (χ2n) is 4.64. The summed E-state index contributed by atoms with van der Waals surface area (Å²) in [7, 11) is 0. The molecule has 5 heteroatoms. The smallest absolute Gasteiger partial charge is 0.341 e. The van der Waals surface area contributed by atoms with Crippen LogP contribution < -0.4 is 4.74 Å². The van der Waals surface area contributed by atoms with Gasteiger partial charge in [0.15, 0.2) is 0 Å². The van der Waals surface area contributed by atoms with Crippen LogP contribution in [-0.2, 0) is 14.2 Å². The molecule has 0 amide bonds. The summed E-state index contributed by atoms with van der Waals surface area (Å²) >= 11 is 0. The number of hydrogen-bond acceptors (Lipinski definition) is 5. The van der Waals surface area contributed by atoms with Crippen LogP contribution in [-0.4, -0.2) is 45.6 Å². The number of benzene rings is 1. The minimum absolute atomic E-state index is 0.342. The standard InChI is InChI=1S/C17H26O5/c1-3-5-10-19-11-12-20-13-14-22-16-9-7-6-8-15(16)17(18)21-4-2/h6-9H,3-5,10-14H2,1-2H3. The molecule has 0 aromatic heterocycles. The maximum atomic E-state index is 11.8. The van der Waals surface area contributed by atoms with Crippen LogP contribution >= 0.6 is 0 Å². The van der Waals surface area contributed by atoms with Crippen molar-refractivity contribution in [3.63, 3.8) is 0 Å². The number of ether oxygens (including phenoxy) is 4. The van der Waals surface area contributed by atoms with Crippen molar-refractivity contribution in [1.82, 2.24) is 0 Å². The summed E-state index contributed by atoms with van der Waals surface area (Å²) in [5.41, 5.74) is 0.437. The highest BCUT2D eigenvalue weighted by atomic mass is 16.5. The lowest BCUT2D eigenvalue weighted by Gasteiger charge is -2.11. The van der Waals surface area contributed by atoms with Gasteiger partial charge in [-0.15, -0.1) is 0 Å². The Morgan fingerprint density at radius 1 is 0.955 bits per heavy atom. The maximum absolute atomic E-state index is 11.8. The van der Waals surface area contributed by atoms with Gasteiger partial charge >= 0.3 is 5.97 Å². The summed E-state index contributed by atoms with van der Waals surface area (Å²) in [6, 6.07) is 7.04. The molecule has 0 bridgehead atoms. The molecule has 0 N–H and O–H groups in total. The maximum Gasteiger partial charge on any atom is 0.341 e. The summed E-state index contributed by atoms with van der Waals surface area (Å²) in [6.07, 6.45) is 2.21. The van der Waals surface area contributed by atoms with Crippen LogP contribution in [0.2, 0.25) is 0 Å². The van der Waals surface area contributed by atoms with Crippen molar-refractivity contribution in [1.29, 1.82) is 0 Å². The van der Waals surface area contributed by atoms with E-state index in [0.29, 0.717) is 44.3 Å². The third-order valence-electron chi connectivity index (χ3n) is 2.88. The van der Waals surface area contributed by atoms with Gasteiger partial charge in [-0.2, -0.15) is 0 Å². The Kier molecular flexibility index (Phi) is 10.1. The Bertz CT molecular complexity index is 419. The van der Waals surface area contributed by atoms with Crippen molar-refractivity contribution in [2.75, 3.05) is 39.6 Å². The zero-order valence-corrected chi connectivity index (χ0v) is 13.5. The Labute approximate surface area is 132 Å². The number of esters is 1. The molecule has 0 saturated heterocycles. The molecular formula is C17H26O5. The number of rotatable bonds is 12. The zero-order chi connectivity index (χ0) is 16.0. The Balaban J connectivity index is 2.21. The molecule has 0 aliphatic carbocycles. The molecule has 0 heterocycles. The number of hydrogen-bond donors (Lipinski definition) is 0. The van der Waals surface area contributed by atoms with Gasteiger partial charge in [0.05, 0.1) is 26.4 Å². The van der Waals surface area contributed by atoms with Crippen molar-refractivity contribution in [2.45, 2.75) is 26.7 Å². The number of carbonyl (C=O) groups is 1. The van der Waals surface area contributed by atoms with Crippen molar-refractivity contribution in [3.8, 4) is 5.75 Å². The molecule has 5 nitrogen and oxygen atoms in total. The van der Waals surface area contributed by atoms with E-state index in [0.717, 1.165) is 19.4 Å². The highest BCUT2D eigenvalue weighted by molar-refractivity contribution is 5.92. The third kappa shape index (κ3) is 7.43. The summed E-state index contributed by atoms with van der Waals surface area (Å²) in [5.74, 6) is 0.145. The molecule has 0 atom stereocenters. The first kappa shape index (κ1) is 18.5. The van der Waals surface area contributed by atoms with Gasteiger partial charge in [-0.3, -0.25) is 0 Å². The van der Waals surface area contributed by atoms with Gasteiger partial charge in [-0.25, -0.2) is 4.79 Å². The zero-order valence-electron chi connectivity index (χ0n) is 13.5. The predicted octanol–water partition coefficient (Wildman–Crippen LogP) is 3.08. The predicted molar refractivity (Wildman–Crippen MR) is 84.4 cm³/mol. The molecule has 0 radical (unpaired) electrons. The molecule has 1 aromatic rings. The Morgan fingerprint density at radius 3 is 2.36 bits per heavy atom. The van der Waals surface area contributed by atoms with Gasteiger partial charge in [0.25, 0.3) is 0 Å². The topological polar surface area (TPSA) is 54.0 Å². The number of para-hydroxylation sites is 1. The van der Waals surface area contributed by atoms with E-state index in [-0.39, 0.29) is 5.97 Å². The lowest BCUT2D eigenvalue weighted by atomic mass is 10.2. The fourth-order valence-corrected chi connectivity index (χ4v) is 1.75. The average Bonchev–Trinajstić information content (AvgIpc) is 2.54. The monoisotopic (exact) mass is 310 g/mol. The lowest BCUT2D eigenvalue weighted by molar-refractivity contribution is 0.0350. The van der Waals surface area contributed by atoms with E-state index >= 15 is 0 Å². The van der Waals surface area contributed by atoms with Crippen molar-refractivity contribution in [2.24, 2.45) is 0 Å². The summed E-state index contributed by atoms with van der Waals surface area (Å²) in [6.45, 7) is 7.01. The molecule has 0 fully saturated rings. The minimum Gasteiger partial charge on any atom is -0.490 e. The van der Waals surface area contributed by atoms with Crippen LogP contribution in [0.3, 0.4) is 0 Å². The van der Waals surface area contributed by atoms with Gasteiger partial charge in [0.1, 0.15) is 17.9 Å². The summed E-state index contributed by atoms with van der Waals surface area (Å²) in [4.78, 5) is 11.8. The van der Waals surface area contributed by atoms with Crippen LogP contribution in [0, 0.1) is 0 Å². The van der Waals surface area contributed by atoms with E-state index in [9.17, 15) is 4.79 Å². The average molecular weight is 310 g/mol. The third-order valence-corrected chi connectivity index (χ3v) is 2.88. The van der Waals surface area contributed by atoms with Crippen molar-refractivity contribution < 1.29 is 23.7 Å². The van der Waals surface area contributed by atoms with Gasteiger partial charge in [0, 0.05) is 6.61 Å². The van der Waals surface area contributed by atoms with Crippen LogP contribution in [0.15, 0.2) is 24.3 Å². The van der Waals surface area contributed by atoms with Gasteiger partial charge in [0.2, 0.25) is 0 Å². The molecule has 1 rings (SSSR count). The van der Waals surface area contributed by atoms with Gasteiger partial charge in [-0.05, 0) is 25.5 Å². The second kappa shape index (κ2) is 12.0. The van der Waals surface area contributed by atoms with Gasteiger partial charge in [-0.1, -0.05) is 25.5 Å². The molecule has 1 aromatic carbocycles. The van der Waals surface area contributed by atoms with Crippen molar-refractivity contribution in [3.05, 3.63) is 29.8 Å². The van der Waals surface area contributed by atoms with Crippen LogP contribution in [0.1, 0.15) is 37.0 Å². The largest absolute Gasteiger partial charge is 0.490 e. The highest BCUT2D eigenvalue weighted by Gasteiger charge is 2.12. The van der Waals surface area contributed by atoms with Crippen LogP contribution in [0.4, 0.5) is 0 Å². The van der Waals surface area contributed by atoms with E-state index in [1.165, 1.54) is 0 Å². The van der Waals surface area contributed by atoms with E-state index in [4.69, 9.17) is 18.9 Å². The Hall–Kier alpha value is -1.59. The van der Waals surface area contributed by atoms with E-state index in [1.54, 1.807) is 25.1 Å². The molecule has 0 aliphatic rings. The Morgan fingerprint density at radius 2 is 1.64 bits per heavy atom. The fraction of sp³-hybridized carbons (Fsp3) is 0.588. The molecule has 0 saturated carbocycles. The fourth-order valence-electron chi connectivity index (χ4n) is 1.75. The van der Waals surface area contributed by atoms with E-state index < -0.39 is 0 Å². The molecule has 0 unspecified atom stereocenters. The van der Waals surface area contributed by atoms with Crippen LogP contribution in [0.5, 0.6) is 5.75 Å². The quantitative estimate of drug-likeness (QED) is 0.439. The van der Waals surface area contributed by atoms with E-state index in [2.05, 4.69) is 6.92 Å². The first-order chi connectivity index (χ1) is 10.8. The SMILES string of the molecule is CCCCOCCOCCOc1ccccc1C(=O)OCC. The minimum atomic E-state index is -0.372. The molecular weight excluding hydrogens is 284 g/mol. The molecule has 124 valence electrons. The van der Waals surface area contributed by atoms with Gasteiger partial charge < -0.3 is 18.9 Å². The second-order valence-corrected chi connectivity index (χ2v) is 4.64. The lowest BCUT2D eigenvalue weighted by Crippen LogP contribution is -2.13. The highest BCUT2D eigenvalue weighted by Crippen LogP contribution is 2.18. The first-order valence-corrected chi connectivity index (χ1v) is 7.84. The van der Waals surface area contributed by atoms with Crippen molar-refractivity contribution >= 4 is 5.97 Å². The number of unbranched alkanes of at least 4 members (excludes halogenated alkanes) is 1. The first-order valence-electron chi connectivity index (χ1n) is 7.84. The number of carbonyl (C=O) groups excluding carboxylic acids is 1.